The van der Waals surface area contributed by atoms with Gasteiger partial charge in [-0.1, -0.05) is 17.7 Å². The lowest BCUT2D eigenvalue weighted by Crippen LogP contribution is -2.52. The second-order valence-corrected chi connectivity index (χ2v) is 11.0. The van der Waals surface area contributed by atoms with Crippen molar-refractivity contribution >= 4 is 40.2 Å². The van der Waals surface area contributed by atoms with E-state index in [2.05, 4.69) is 15.6 Å². The molecule has 2 aromatic rings. The van der Waals surface area contributed by atoms with Gasteiger partial charge in [0.05, 0.1) is 16.6 Å². The summed E-state index contributed by atoms with van der Waals surface area (Å²) in [6, 6.07) is 3.26. The molecule has 2 aliphatic heterocycles. The number of carbonyl (C=O) groups is 3. The van der Waals surface area contributed by atoms with Gasteiger partial charge in [-0.2, -0.15) is 5.26 Å². The molecule has 0 spiro atoms. The first-order valence-corrected chi connectivity index (χ1v) is 13.1. The molecule has 3 N–H and O–H groups in total. The van der Waals surface area contributed by atoms with Gasteiger partial charge in [0.15, 0.2) is 0 Å². The average molecular weight is 568 g/mol. The number of hydrogen-bond donors (Lipinski definition) is 3. The van der Waals surface area contributed by atoms with Gasteiger partial charge in [-0.05, 0) is 43.2 Å². The van der Waals surface area contributed by atoms with Crippen LogP contribution in [-0.2, 0) is 9.59 Å². The van der Waals surface area contributed by atoms with Crippen LogP contribution < -0.4 is 10.6 Å². The number of hydrogen-bond acceptors (Lipinski definition) is 4. The Kier molecular flexibility index (Phi) is 7.22. The first-order valence-electron chi connectivity index (χ1n) is 12.7. The summed E-state index contributed by atoms with van der Waals surface area (Å²) in [5.74, 6) is -6.70. The fourth-order valence-corrected chi connectivity index (χ4v) is 6.47. The number of likely N-dealkylation sites (tertiary alicyclic amines) is 1. The van der Waals surface area contributed by atoms with Crippen molar-refractivity contribution in [2.24, 2.45) is 17.8 Å². The summed E-state index contributed by atoms with van der Waals surface area (Å²) in [5.41, 5.74) is -0.319. The summed E-state index contributed by atoms with van der Waals surface area (Å²) < 4.78 is 55.7. The molecule has 2 saturated heterocycles. The molecular formula is C26H26ClF4N5O3. The average Bonchev–Trinajstić information content (AvgIpc) is 3.54. The normalized spacial score (nSPS) is 26.8. The van der Waals surface area contributed by atoms with Gasteiger partial charge in [0.25, 0.3) is 12.3 Å². The minimum Gasteiger partial charge on any atom is -0.356 e. The fraction of sp³-hybridized carbons (Fsp3) is 0.538. The Morgan fingerprint density at radius 2 is 2.05 bits per heavy atom. The summed E-state index contributed by atoms with van der Waals surface area (Å²) in [6.45, 7) is 0.400. The van der Waals surface area contributed by atoms with Crippen LogP contribution in [0.5, 0.6) is 0 Å². The number of nitrogens with zero attached hydrogens (tertiary/aromatic N) is 2. The number of piperidine rings is 1. The standard InChI is InChI=1S/C26H26ClF4N5O3/c27-18-4-3-15(22(28)29)16-7-19(35-20(16)18)25(39)36-11-13-8-26(30,31)9-17(13)21(36)24(38)34-14(10-32)6-12-2-1-5-33-23(12)37/h3-4,7,12-14,17,21-22,35H,1-2,5-6,8-9,11H2,(H,33,37)(H,34,38)/t12-,13+,14-,17+,21+/m0/s1. The lowest BCUT2D eigenvalue weighted by atomic mass is 9.90. The van der Waals surface area contributed by atoms with Gasteiger partial charge in [0, 0.05) is 42.8 Å². The number of aromatic amines is 1. The molecule has 39 heavy (non-hydrogen) atoms. The zero-order valence-corrected chi connectivity index (χ0v) is 21.4. The highest BCUT2D eigenvalue weighted by atomic mass is 35.5. The van der Waals surface area contributed by atoms with E-state index in [1.165, 1.54) is 17.0 Å². The summed E-state index contributed by atoms with van der Waals surface area (Å²) in [4.78, 5) is 43.2. The third-order valence-electron chi connectivity index (χ3n) is 8.04. The maximum Gasteiger partial charge on any atom is 0.271 e. The number of H-pyrrole nitrogens is 1. The summed E-state index contributed by atoms with van der Waals surface area (Å²) in [7, 11) is 0. The number of rotatable bonds is 6. The maximum absolute atomic E-state index is 14.3. The van der Waals surface area contributed by atoms with Crippen LogP contribution in [0.3, 0.4) is 0 Å². The number of fused-ring (bicyclic) bond motifs is 2. The minimum atomic E-state index is -3.00. The molecule has 0 radical (unpaired) electrons. The van der Waals surface area contributed by atoms with Crippen molar-refractivity contribution in [3.63, 3.8) is 0 Å². The van der Waals surface area contributed by atoms with E-state index in [1.807, 2.05) is 6.07 Å². The van der Waals surface area contributed by atoms with Crippen molar-refractivity contribution in [2.45, 2.75) is 56.5 Å². The van der Waals surface area contributed by atoms with Crippen LogP contribution in [0.4, 0.5) is 17.6 Å². The van der Waals surface area contributed by atoms with Crippen LogP contribution in [-0.4, -0.2) is 58.7 Å². The molecule has 208 valence electrons. The minimum absolute atomic E-state index is 0.0445. The van der Waals surface area contributed by atoms with E-state index in [0.29, 0.717) is 13.0 Å². The third kappa shape index (κ3) is 5.16. The Balaban J connectivity index is 1.42. The number of nitrogens with one attached hydrogen (secondary N) is 3. The van der Waals surface area contributed by atoms with Crippen molar-refractivity contribution in [2.75, 3.05) is 13.1 Å². The molecule has 1 aromatic carbocycles. The highest BCUT2D eigenvalue weighted by Gasteiger charge is 2.58. The Bertz CT molecular complexity index is 1360. The zero-order valence-electron chi connectivity index (χ0n) is 20.7. The predicted octanol–water partition coefficient (Wildman–Crippen LogP) is 4.17. The van der Waals surface area contributed by atoms with Crippen LogP contribution in [0.2, 0.25) is 5.02 Å². The molecule has 0 unspecified atom stereocenters. The maximum atomic E-state index is 14.3. The molecule has 5 atom stereocenters. The van der Waals surface area contributed by atoms with Crippen LogP contribution >= 0.6 is 11.6 Å². The van der Waals surface area contributed by atoms with Gasteiger partial charge in [-0.15, -0.1) is 0 Å². The lowest BCUT2D eigenvalue weighted by Gasteiger charge is -2.29. The SMILES string of the molecule is N#C[C@H](C[C@@H]1CCCNC1=O)NC(=O)[C@H]1[C@@H]2CC(F)(F)C[C@@H]2CN1C(=O)c1cc2c(C(F)F)ccc(Cl)c2[nH]1. The number of carbonyl (C=O) groups excluding carboxylic acids is 3. The Morgan fingerprint density at radius 3 is 2.74 bits per heavy atom. The van der Waals surface area contributed by atoms with Gasteiger partial charge in [0.1, 0.15) is 17.8 Å². The number of nitriles is 1. The molecule has 3 aliphatic rings. The molecule has 1 aliphatic carbocycles. The summed E-state index contributed by atoms with van der Waals surface area (Å²) in [6.07, 6.45) is -2.60. The van der Waals surface area contributed by atoms with Crippen molar-refractivity contribution < 1.29 is 31.9 Å². The largest absolute Gasteiger partial charge is 0.356 e. The molecule has 1 aromatic heterocycles. The number of halogens is 5. The van der Waals surface area contributed by atoms with Crippen molar-refractivity contribution in [3.8, 4) is 6.07 Å². The first-order chi connectivity index (χ1) is 18.5. The van der Waals surface area contributed by atoms with E-state index in [-0.39, 0.29) is 46.1 Å². The van der Waals surface area contributed by atoms with E-state index >= 15 is 0 Å². The molecule has 0 bridgehead atoms. The number of alkyl halides is 4. The number of benzene rings is 1. The van der Waals surface area contributed by atoms with Gasteiger partial charge in [-0.3, -0.25) is 14.4 Å². The molecule has 13 heteroatoms. The van der Waals surface area contributed by atoms with Gasteiger partial charge >= 0.3 is 0 Å². The Morgan fingerprint density at radius 1 is 1.28 bits per heavy atom. The Labute approximate surface area is 226 Å². The zero-order chi connectivity index (χ0) is 28.1. The van der Waals surface area contributed by atoms with E-state index in [9.17, 15) is 37.2 Å². The van der Waals surface area contributed by atoms with Gasteiger partial charge < -0.3 is 20.5 Å². The van der Waals surface area contributed by atoms with Gasteiger partial charge in [0.2, 0.25) is 17.7 Å². The van der Waals surface area contributed by atoms with Crippen LogP contribution in [0, 0.1) is 29.1 Å². The second-order valence-electron chi connectivity index (χ2n) is 10.6. The van der Waals surface area contributed by atoms with E-state index in [0.717, 1.165) is 12.5 Å². The quantitative estimate of drug-likeness (QED) is 0.454. The van der Waals surface area contributed by atoms with Crippen LogP contribution in [0.1, 0.15) is 54.6 Å². The monoisotopic (exact) mass is 567 g/mol. The van der Waals surface area contributed by atoms with E-state index in [1.54, 1.807) is 0 Å². The number of aromatic nitrogens is 1. The lowest BCUT2D eigenvalue weighted by molar-refractivity contribution is -0.129. The molecule has 8 nitrogen and oxygen atoms in total. The van der Waals surface area contributed by atoms with Crippen molar-refractivity contribution in [3.05, 3.63) is 34.5 Å². The highest BCUT2D eigenvalue weighted by molar-refractivity contribution is 6.35. The molecule has 1 saturated carbocycles. The predicted molar refractivity (Wildman–Crippen MR) is 132 cm³/mol. The number of amides is 3. The van der Waals surface area contributed by atoms with Crippen molar-refractivity contribution in [1.82, 2.24) is 20.5 Å². The topological polar surface area (TPSA) is 118 Å². The molecular weight excluding hydrogens is 542 g/mol. The van der Waals surface area contributed by atoms with Crippen LogP contribution in [0.15, 0.2) is 18.2 Å². The third-order valence-corrected chi connectivity index (χ3v) is 8.35. The molecule has 3 amide bonds. The van der Waals surface area contributed by atoms with Crippen LogP contribution in [0.25, 0.3) is 10.9 Å². The first kappa shape index (κ1) is 27.2. The van der Waals surface area contributed by atoms with Crippen molar-refractivity contribution in [1.29, 1.82) is 5.26 Å². The smallest absolute Gasteiger partial charge is 0.271 e. The molecule has 3 fully saturated rings. The Hall–Kier alpha value is -3.33. The molecule has 3 heterocycles. The van der Waals surface area contributed by atoms with E-state index < -0.39 is 66.8 Å². The highest BCUT2D eigenvalue weighted by Crippen LogP contribution is 2.50. The van der Waals surface area contributed by atoms with Gasteiger partial charge in [-0.25, -0.2) is 17.6 Å². The summed E-state index contributed by atoms with van der Waals surface area (Å²) >= 11 is 6.16. The summed E-state index contributed by atoms with van der Waals surface area (Å²) in [5, 5.41) is 15.1. The fourth-order valence-electron chi connectivity index (χ4n) is 6.25. The molecule has 5 rings (SSSR count). The second kappa shape index (κ2) is 10.3. The van der Waals surface area contributed by atoms with E-state index in [4.69, 9.17) is 11.6 Å².